The molecular formula is C12H16O3. The van der Waals surface area contributed by atoms with Crippen LogP contribution in [0.15, 0.2) is 42.5 Å². The summed E-state index contributed by atoms with van der Waals surface area (Å²) in [7, 11) is 0. The second kappa shape index (κ2) is 7.62. The molecule has 0 heterocycles. The molecule has 0 atom stereocenters. The molecule has 0 saturated heterocycles. The van der Waals surface area contributed by atoms with Crippen LogP contribution < -0.4 is 0 Å². The van der Waals surface area contributed by atoms with Crippen LogP contribution in [-0.4, -0.2) is 17.9 Å². The summed E-state index contributed by atoms with van der Waals surface area (Å²) in [5, 5.41) is 7.90. The molecule has 0 fully saturated rings. The van der Waals surface area contributed by atoms with Gasteiger partial charge >= 0.3 is 6.16 Å². The van der Waals surface area contributed by atoms with E-state index >= 15 is 0 Å². The Labute approximate surface area is 90.0 Å². The van der Waals surface area contributed by atoms with Crippen molar-refractivity contribution in [3.8, 4) is 0 Å². The lowest BCUT2D eigenvalue weighted by Crippen LogP contribution is -2.01. The molecule has 3 heteroatoms. The van der Waals surface area contributed by atoms with E-state index in [2.05, 4.69) is 30.4 Å². The summed E-state index contributed by atoms with van der Waals surface area (Å²) in [6, 6.07) is 10.3. The lowest BCUT2D eigenvalue weighted by Gasteiger charge is -1.95. The lowest BCUT2D eigenvalue weighted by atomic mass is 10.2. The predicted octanol–water partition coefficient (Wildman–Crippen LogP) is 3.25. The molecule has 0 saturated carbocycles. The van der Waals surface area contributed by atoms with Crippen LogP contribution >= 0.6 is 0 Å². The van der Waals surface area contributed by atoms with Crippen molar-refractivity contribution >= 4 is 6.16 Å². The van der Waals surface area contributed by atoms with E-state index in [-0.39, 0.29) is 6.61 Å². The molecule has 1 aromatic rings. The Bertz CT molecular complexity index is 290. The van der Waals surface area contributed by atoms with Gasteiger partial charge in [0.1, 0.15) is 6.61 Å². The zero-order valence-electron chi connectivity index (χ0n) is 9.06. The van der Waals surface area contributed by atoms with Gasteiger partial charge in [0.25, 0.3) is 0 Å². The van der Waals surface area contributed by atoms with Gasteiger partial charge < -0.3 is 9.84 Å². The zero-order valence-corrected chi connectivity index (χ0v) is 9.06. The standard InChI is InChI=1S/C7H8.C5H8O3/c1-7-5-3-2-4-6-7;1-4(2)3-8-5(6)7/h2-6H,1H3;1,3H2,2H3,(H,6,7). The normalized spacial score (nSPS) is 8.40. The first-order chi connectivity index (χ1) is 7.02. The van der Waals surface area contributed by atoms with Gasteiger partial charge in [0.05, 0.1) is 0 Å². The van der Waals surface area contributed by atoms with Crippen LogP contribution in [0, 0.1) is 6.92 Å². The van der Waals surface area contributed by atoms with E-state index in [0.717, 1.165) is 0 Å². The molecule has 0 aliphatic carbocycles. The van der Waals surface area contributed by atoms with Crippen LogP contribution in [0.5, 0.6) is 0 Å². The zero-order chi connectivity index (χ0) is 11.7. The topological polar surface area (TPSA) is 46.5 Å². The Morgan fingerprint density at radius 2 is 1.93 bits per heavy atom. The quantitative estimate of drug-likeness (QED) is 0.599. The minimum Gasteiger partial charge on any atom is -0.450 e. The van der Waals surface area contributed by atoms with Gasteiger partial charge in [-0.2, -0.15) is 0 Å². The molecule has 0 bridgehead atoms. The fourth-order valence-electron chi connectivity index (χ4n) is 0.719. The molecule has 0 unspecified atom stereocenters. The van der Waals surface area contributed by atoms with Gasteiger partial charge in [-0.3, -0.25) is 0 Å². The first-order valence-electron chi connectivity index (χ1n) is 4.54. The van der Waals surface area contributed by atoms with Gasteiger partial charge in [-0.25, -0.2) is 4.79 Å². The number of ether oxygens (including phenoxy) is 1. The Hall–Kier alpha value is -1.77. The molecule has 1 rings (SSSR count). The molecule has 0 aromatic heterocycles. The maximum atomic E-state index is 9.64. The van der Waals surface area contributed by atoms with Gasteiger partial charge in [-0.1, -0.05) is 42.5 Å². The molecule has 0 radical (unpaired) electrons. The Morgan fingerprint density at radius 1 is 1.40 bits per heavy atom. The van der Waals surface area contributed by atoms with Crippen LogP contribution in [-0.2, 0) is 4.74 Å². The van der Waals surface area contributed by atoms with Crippen LogP contribution in [0.25, 0.3) is 0 Å². The molecule has 3 nitrogen and oxygen atoms in total. The van der Waals surface area contributed by atoms with E-state index in [0.29, 0.717) is 5.57 Å². The summed E-state index contributed by atoms with van der Waals surface area (Å²) in [4.78, 5) is 9.64. The number of aryl methyl sites for hydroxylation is 1. The van der Waals surface area contributed by atoms with Crippen molar-refractivity contribution in [3.63, 3.8) is 0 Å². The molecule has 82 valence electrons. The highest BCUT2D eigenvalue weighted by atomic mass is 16.7. The van der Waals surface area contributed by atoms with Crippen LogP contribution in [0.3, 0.4) is 0 Å². The van der Waals surface area contributed by atoms with Gasteiger partial charge in [0.15, 0.2) is 0 Å². The molecule has 1 N–H and O–H groups in total. The first kappa shape index (κ1) is 13.2. The second-order valence-corrected chi connectivity index (χ2v) is 3.17. The third-order valence-electron chi connectivity index (χ3n) is 1.38. The monoisotopic (exact) mass is 208 g/mol. The van der Waals surface area contributed by atoms with Gasteiger partial charge in [-0.05, 0) is 19.4 Å². The van der Waals surface area contributed by atoms with Crippen molar-refractivity contribution in [1.29, 1.82) is 0 Å². The van der Waals surface area contributed by atoms with Crippen molar-refractivity contribution in [2.75, 3.05) is 6.61 Å². The minimum absolute atomic E-state index is 0.0926. The SMILES string of the molecule is C=C(C)COC(=O)O.Cc1ccccc1. The Morgan fingerprint density at radius 3 is 2.13 bits per heavy atom. The van der Waals surface area contributed by atoms with Gasteiger partial charge in [0, 0.05) is 0 Å². The van der Waals surface area contributed by atoms with E-state index in [1.54, 1.807) is 6.92 Å². The second-order valence-electron chi connectivity index (χ2n) is 3.17. The minimum atomic E-state index is -1.26. The molecule has 15 heavy (non-hydrogen) atoms. The van der Waals surface area contributed by atoms with Crippen molar-refractivity contribution in [3.05, 3.63) is 48.0 Å². The van der Waals surface area contributed by atoms with E-state index < -0.39 is 6.16 Å². The molecule has 1 aromatic carbocycles. The fraction of sp³-hybridized carbons (Fsp3) is 0.250. The van der Waals surface area contributed by atoms with Crippen molar-refractivity contribution < 1.29 is 14.6 Å². The van der Waals surface area contributed by atoms with Crippen LogP contribution in [0.1, 0.15) is 12.5 Å². The third-order valence-corrected chi connectivity index (χ3v) is 1.38. The van der Waals surface area contributed by atoms with E-state index in [1.807, 2.05) is 18.2 Å². The lowest BCUT2D eigenvalue weighted by molar-refractivity contribution is 0.0997. The summed E-state index contributed by atoms with van der Waals surface area (Å²) in [6.45, 7) is 7.31. The number of hydrogen-bond donors (Lipinski definition) is 1. The van der Waals surface area contributed by atoms with E-state index in [9.17, 15) is 4.79 Å². The van der Waals surface area contributed by atoms with Gasteiger partial charge in [-0.15, -0.1) is 0 Å². The first-order valence-corrected chi connectivity index (χ1v) is 4.54. The van der Waals surface area contributed by atoms with Crippen LogP contribution in [0.4, 0.5) is 4.79 Å². The van der Waals surface area contributed by atoms with Crippen molar-refractivity contribution in [2.45, 2.75) is 13.8 Å². The average molecular weight is 208 g/mol. The highest BCUT2D eigenvalue weighted by Crippen LogP contribution is 1.92. The molecule has 0 spiro atoms. The van der Waals surface area contributed by atoms with Crippen LogP contribution in [0.2, 0.25) is 0 Å². The molecule has 0 amide bonds. The summed E-state index contributed by atoms with van der Waals surface area (Å²) in [5.41, 5.74) is 2.02. The summed E-state index contributed by atoms with van der Waals surface area (Å²) in [5.74, 6) is 0. The maximum absolute atomic E-state index is 9.64. The van der Waals surface area contributed by atoms with E-state index in [4.69, 9.17) is 5.11 Å². The number of hydrogen-bond acceptors (Lipinski definition) is 2. The van der Waals surface area contributed by atoms with Crippen molar-refractivity contribution in [1.82, 2.24) is 0 Å². The summed E-state index contributed by atoms with van der Waals surface area (Å²) < 4.78 is 4.12. The summed E-state index contributed by atoms with van der Waals surface area (Å²) >= 11 is 0. The molecular weight excluding hydrogens is 192 g/mol. The largest absolute Gasteiger partial charge is 0.506 e. The smallest absolute Gasteiger partial charge is 0.450 e. The predicted molar refractivity (Wildman–Crippen MR) is 60.0 cm³/mol. The van der Waals surface area contributed by atoms with Crippen molar-refractivity contribution in [2.24, 2.45) is 0 Å². The van der Waals surface area contributed by atoms with E-state index in [1.165, 1.54) is 5.56 Å². The number of carbonyl (C=O) groups is 1. The molecule has 0 aliphatic rings. The number of carboxylic acid groups (broad SMARTS) is 1. The summed E-state index contributed by atoms with van der Waals surface area (Å²) in [6.07, 6.45) is -1.26. The third kappa shape index (κ3) is 10.1. The molecule has 0 aliphatic heterocycles. The Kier molecular flexibility index (Phi) is 6.72. The fourth-order valence-corrected chi connectivity index (χ4v) is 0.719. The average Bonchev–Trinajstić information content (AvgIpc) is 2.17. The van der Waals surface area contributed by atoms with Gasteiger partial charge in [0.2, 0.25) is 0 Å². The highest BCUT2D eigenvalue weighted by molar-refractivity contribution is 5.56. The maximum Gasteiger partial charge on any atom is 0.506 e. The number of rotatable bonds is 2. The number of benzene rings is 1. The Balaban J connectivity index is 0.000000262. The highest BCUT2D eigenvalue weighted by Gasteiger charge is 1.92.